The first-order chi connectivity index (χ1) is 32.0. The molecule has 68 heavy (non-hydrogen) atoms. The summed E-state index contributed by atoms with van der Waals surface area (Å²) in [6, 6.07) is 40.0. The third-order valence-electron chi connectivity index (χ3n) is 11.7. The van der Waals surface area contributed by atoms with Crippen LogP contribution in [0.2, 0.25) is 0 Å². The molecule has 0 amide bonds. The maximum atomic E-state index is 12.6. The van der Waals surface area contributed by atoms with Gasteiger partial charge in [0, 0.05) is 24.3 Å². The van der Waals surface area contributed by atoms with Gasteiger partial charge in [-0.2, -0.15) is 22.8 Å². The number of benzene rings is 4. The van der Waals surface area contributed by atoms with Gasteiger partial charge in [-0.25, -0.2) is 0 Å². The van der Waals surface area contributed by atoms with Gasteiger partial charge in [-0.05, 0) is 117 Å². The average molecular weight is 929 g/mol. The molecule has 17 heteroatoms. The number of halogens is 3. The van der Waals surface area contributed by atoms with Crippen molar-refractivity contribution < 1.29 is 60.9 Å². The Morgan fingerprint density at radius 3 is 1.18 bits per heavy atom. The summed E-state index contributed by atoms with van der Waals surface area (Å²) in [4.78, 5) is 16.2. The molecule has 0 unspecified atom stereocenters. The normalized spacial score (nSPS) is 16.8. The van der Waals surface area contributed by atoms with Gasteiger partial charge in [0.05, 0.1) is 39.8 Å². The van der Waals surface area contributed by atoms with Crippen LogP contribution in [-0.2, 0) is 40.8 Å². The minimum Gasteiger partial charge on any atom is -0.854 e. The largest absolute Gasteiger partial charge is 0.854 e. The summed E-state index contributed by atoms with van der Waals surface area (Å²) < 4.78 is 64.5. The molecule has 2 saturated heterocycles. The predicted octanol–water partition coefficient (Wildman–Crippen LogP) is 5.40. The lowest BCUT2D eigenvalue weighted by Crippen LogP contribution is -2.41. The minimum absolute atomic E-state index is 0.240. The Bertz CT molecular complexity index is 2600. The molecule has 0 spiro atoms. The van der Waals surface area contributed by atoms with Crippen LogP contribution in [0.3, 0.4) is 0 Å². The molecule has 352 valence electrons. The van der Waals surface area contributed by atoms with Gasteiger partial charge in [0.25, 0.3) is 0 Å². The van der Waals surface area contributed by atoms with E-state index in [2.05, 4.69) is 37.9 Å². The Morgan fingerprint density at radius 2 is 0.824 bits per heavy atom. The zero-order valence-corrected chi connectivity index (χ0v) is 39.1. The topological polar surface area (TPSA) is 150 Å². The number of rotatable bonds is 8. The molecule has 2 aliphatic rings. The first kappa shape index (κ1) is 52.2. The Morgan fingerprint density at radius 1 is 0.515 bits per heavy atom. The summed E-state index contributed by atoms with van der Waals surface area (Å²) >= 11 is 0. The van der Waals surface area contributed by atoms with Crippen LogP contribution in [0.5, 0.6) is 0 Å². The maximum Gasteiger partial charge on any atom is 0.494 e. The Balaban J connectivity index is 0.000000191. The third kappa shape index (κ3) is 14.1. The van der Waals surface area contributed by atoms with Gasteiger partial charge in [-0.15, -0.1) is 0 Å². The van der Waals surface area contributed by atoms with Crippen molar-refractivity contribution in [1.29, 1.82) is 0 Å². The highest BCUT2D eigenvalue weighted by molar-refractivity contribution is 6.62. The summed E-state index contributed by atoms with van der Waals surface area (Å²) in [5.41, 5.74) is 2.65. The molecule has 12 nitrogen and oxygen atoms in total. The molecule has 0 N–H and O–H groups in total. The first-order valence-corrected chi connectivity index (χ1v) is 21.6. The average Bonchev–Trinajstić information content (AvgIpc) is 3.67. The van der Waals surface area contributed by atoms with Crippen molar-refractivity contribution in [2.75, 3.05) is 0 Å². The number of hydrogen-bond acceptors (Lipinski definition) is 10. The number of nitrogens with zero attached hydrogens (tertiary/aromatic N) is 4. The number of aromatic nitrogens is 2. The molecule has 2 fully saturated rings. The Kier molecular flexibility index (Phi) is 17.2. The van der Waals surface area contributed by atoms with E-state index >= 15 is 0 Å². The second kappa shape index (κ2) is 22.4. The third-order valence-corrected chi connectivity index (χ3v) is 11.7. The fraction of sp³-hybridized carbons (Fsp3) is 0.275. The summed E-state index contributed by atoms with van der Waals surface area (Å²) in [5, 5.41) is 32.3. The van der Waals surface area contributed by atoms with Gasteiger partial charge in [0.1, 0.15) is 0 Å². The monoisotopic (exact) mass is 928 g/mol. The molecule has 8 rings (SSSR count). The van der Waals surface area contributed by atoms with Crippen molar-refractivity contribution in [1.82, 2.24) is 0 Å². The quantitative estimate of drug-likeness (QED) is 0.0854. The molecule has 0 saturated carbocycles. The van der Waals surface area contributed by atoms with Crippen molar-refractivity contribution in [2.24, 2.45) is 10.2 Å². The lowest BCUT2D eigenvalue weighted by Gasteiger charge is -2.32. The van der Waals surface area contributed by atoms with Crippen molar-refractivity contribution in [3.05, 3.63) is 192 Å². The molecule has 2 aromatic heterocycles. The van der Waals surface area contributed by atoms with Crippen molar-refractivity contribution >= 4 is 43.1 Å². The van der Waals surface area contributed by atoms with Crippen LogP contribution in [0.15, 0.2) is 175 Å². The highest BCUT2D eigenvalue weighted by atomic mass is 19.4. The van der Waals surface area contributed by atoms with E-state index in [1.807, 2.05) is 94.4 Å². The summed E-state index contributed by atoms with van der Waals surface area (Å²) in [7, 11) is -0.671. The van der Waals surface area contributed by atoms with Crippen LogP contribution >= 0.6 is 0 Å². The van der Waals surface area contributed by atoms with Crippen molar-refractivity contribution in [2.45, 2.75) is 90.4 Å². The van der Waals surface area contributed by atoms with E-state index in [0.29, 0.717) is 17.5 Å². The first-order valence-electron chi connectivity index (χ1n) is 21.6. The summed E-state index contributed by atoms with van der Waals surface area (Å²) in [6.07, 6.45) is 3.17. The van der Waals surface area contributed by atoms with Gasteiger partial charge in [-0.3, -0.25) is 0 Å². The van der Waals surface area contributed by atoms with Gasteiger partial charge in [-0.1, -0.05) is 112 Å². The van der Waals surface area contributed by atoms with Crippen LogP contribution < -0.4 is 30.5 Å². The van der Waals surface area contributed by atoms with Crippen LogP contribution in [-0.4, -0.2) is 54.6 Å². The maximum absolute atomic E-state index is 12.6. The van der Waals surface area contributed by atoms with Crippen LogP contribution in [0.4, 0.5) is 13.2 Å². The molecular formula is C51H53B2F3N4O8. The fourth-order valence-corrected chi connectivity index (χ4v) is 6.40. The number of carbonyl (C=O) groups excluding carboxylic acids is 2. The summed E-state index contributed by atoms with van der Waals surface area (Å²) in [5.74, 6) is -0.672. The predicted molar refractivity (Wildman–Crippen MR) is 247 cm³/mol. The molecule has 6 aromatic rings. The molecule has 4 heterocycles. The zero-order chi connectivity index (χ0) is 49.8. The Labute approximate surface area is 395 Å². The molecule has 2 aliphatic heterocycles. The van der Waals surface area contributed by atoms with Gasteiger partial charge >= 0.3 is 26.6 Å². The summed E-state index contributed by atoms with van der Waals surface area (Å²) in [6.45, 7) is 16.3. The highest BCUT2D eigenvalue weighted by Gasteiger charge is 2.52. The van der Waals surface area contributed by atoms with Gasteiger partial charge in [0.15, 0.2) is 0 Å². The van der Waals surface area contributed by atoms with E-state index in [1.54, 1.807) is 73.3 Å². The van der Waals surface area contributed by atoms with Crippen LogP contribution in [0, 0.1) is 0 Å². The smallest absolute Gasteiger partial charge is 0.494 e. The van der Waals surface area contributed by atoms with Gasteiger partial charge in [0.2, 0.25) is 24.8 Å². The molecule has 0 radical (unpaired) electrons. The van der Waals surface area contributed by atoms with E-state index < -0.39 is 18.9 Å². The lowest BCUT2D eigenvalue weighted by molar-refractivity contribution is -0.681. The second-order valence-corrected chi connectivity index (χ2v) is 17.7. The zero-order valence-electron chi connectivity index (χ0n) is 39.1. The Hall–Kier alpha value is -6.74. The molecule has 0 atom stereocenters. The molecule has 4 aromatic carbocycles. The minimum atomic E-state index is -4.33. The number of hydrogen-bond donors (Lipinski definition) is 0. The highest BCUT2D eigenvalue weighted by Crippen LogP contribution is 2.37. The van der Waals surface area contributed by atoms with E-state index in [-0.39, 0.29) is 47.5 Å². The molecular weight excluding hydrogens is 875 g/mol. The van der Waals surface area contributed by atoms with Crippen LogP contribution in [0.1, 0.15) is 83.2 Å². The number of pyridine rings is 2. The van der Waals surface area contributed by atoms with Crippen molar-refractivity contribution in [3.8, 4) is 0 Å². The van der Waals surface area contributed by atoms with Gasteiger partial charge < -0.3 is 28.8 Å². The second-order valence-electron chi connectivity index (χ2n) is 17.7. The van der Waals surface area contributed by atoms with Crippen molar-refractivity contribution in [3.63, 3.8) is 0 Å². The van der Waals surface area contributed by atoms with E-state index in [1.165, 1.54) is 21.5 Å². The fourth-order valence-electron chi connectivity index (χ4n) is 6.40. The van der Waals surface area contributed by atoms with Crippen LogP contribution in [0.25, 0.3) is 0 Å². The standard InChI is InChI=1S/C20H15F3N2O.C18H21BN2O3.C12H17BO2.CO2/c21-20(22,23)18-10-6-16(7-11-18)14-15-4-8-17(9-5-15)19(26)24-25-12-2-1-3-13-25;1-17(2)18(3,4)24-19(23-17)15-10-8-14(9-11-15)16(22)20-21-12-6-5-7-13-21;1-11(2)12(3,4)15-13(14-11)10-8-6-5-7-9-10;2-1-3/h1-13H,14H2;5-13H,1-4H3;5-9H,1-4H3;. The lowest BCUT2D eigenvalue weighted by atomic mass is 9.79. The SMILES string of the molecule is CC1(C)OB(c2ccc(C([O-])=N[n+]3ccccc3)cc2)OC1(C)C.CC1(C)OB(c2ccccc2)OC1(C)C.O=C=O.[O-]C(=N[n+]1ccccc1)c1ccc(Cc2ccc(C(F)(F)F)cc2)cc1. The molecule has 0 aliphatic carbocycles. The van der Waals surface area contributed by atoms with E-state index in [4.69, 9.17) is 28.2 Å². The number of alkyl halides is 3. The molecule has 0 bridgehead atoms. The van der Waals surface area contributed by atoms with E-state index in [0.717, 1.165) is 34.2 Å². The van der Waals surface area contributed by atoms with E-state index in [9.17, 15) is 23.4 Å².